The van der Waals surface area contributed by atoms with Crippen LogP contribution in [0.25, 0.3) is 0 Å². The van der Waals surface area contributed by atoms with Gasteiger partial charge in [-0.25, -0.2) is 0 Å². The Kier molecular flexibility index (Phi) is 6.45. The Labute approximate surface area is 133 Å². The van der Waals surface area contributed by atoms with Crippen molar-refractivity contribution in [2.75, 3.05) is 0 Å². The Morgan fingerprint density at radius 3 is 1.67 bits per heavy atom. The highest BCUT2D eigenvalue weighted by Crippen LogP contribution is 2.27. The molecule has 0 amide bonds. The summed E-state index contributed by atoms with van der Waals surface area (Å²) in [6.07, 6.45) is 0. The minimum absolute atomic E-state index is 0.272. The van der Waals surface area contributed by atoms with Crippen LogP contribution in [0.4, 0.5) is 0 Å². The summed E-state index contributed by atoms with van der Waals surface area (Å²) >= 11 is 6.53. The predicted molar refractivity (Wildman–Crippen MR) is 90.3 cm³/mol. The first-order valence-corrected chi connectivity index (χ1v) is 10.1. The van der Waals surface area contributed by atoms with Gasteiger partial charge in [-0.2, -0.15) is 0 Å². The number of halogens is 1. The van der Waals surface area contributed by atoms with E-state index in [4.69, 9.17) is 21.1 Å². The molecule has 112 valence electrons. The van der Waals surface area contributed by atoms with Crippen LogP contribution >= 0.6 is 11.6 Å². The third-order valence-corrected chi connectivity index (χ3v) is 5.03. The van der Waals surface area contributed by atoms with Gasteiger partial charge in [-0.05, 0) is 11.1 Å². The maximum absolute atomic E-state index is 6.53. The van der Waals surface area contributed by atoms with E-state index in [-0.39, 0.29) is 9.52 Å². The number of benzene rings is 2. The molecule has 2 rings (SSSR count). The van der Waals surface area contributed by atoms with Crippen LogP contribution in [0.1, 0.15) is 11.1 Å². The third-order valence-electron chi connectivity index (χ3n) is 3.14. The molecule has 0 aliphatic rings. The lowest BCUT2D eigenvalue weighted by Crippen LogP contribution is -2.30. The molecule has 0 fully saturated rings. The lowest BCUT2D eigenvalue weighted by atomic mass is 10.2. The van der Waals surface area contributed by atoms with Gasteiger partial charge in [-0.3, -0.25) is 0 Å². The summed E-state index contributed by atoms with van der Waals surface area (Å²) in [5, 5.41) is -1.01. The highest BCUT2D eigenvalue weighted by atomic mass is 35.5. The highest BCUT2D eigenvalue weighted by molar-refractivity contribution is 6.37. The smallest absolute Gasteiger partial charge is 0.245 e. The average Bonchev–Trinajstić information content (AvgIpc) is 2.54. The van der Waals surface area contributed by atoms with Crippen molar-refractivity contribution < 1.29 is 9.47 Å². The number of hydrogen-bond donors (Lipinski definition) is 0. The molecule has 2 aromatic rings. The number of hydrogen-bond acceptors (Lipinski definition) is 2. The fourth-order valence-electron chi connectivity index (χ4n) is 2.02. The van der Waals surface area contributed by atoms with Crippen molar-refractivity contribution in [3.05, 3.63) is 71.8 Å². The van der Waals surface area contributed by atoms with E-state index < -0.39 is 5.25 Å². The van der Waals surface area contributed by atoms with Gasteiger partial charge in [-0.15, -0.1) is 0 Å². The van der Waals surface area contributed by atoms with E-state index in [0.29, 0.717) is 13.2 Å². The van der Waals surface area contributed by atoms with Gasteiger partial charge in [0.15, 0.2) is 0 Å². The van der Waals surface area contributed by atoms with Crippen LogP contribution in [-0.4, -0.2) is 14.8 Å². The van der Waals surface area contributed by atoms with Crippen molar-refractivity contribution in [1.29, 1.82) is 0 Å². The Bertz CT molecular complexity index is 475. The van der Waals surface area contributed by atoms with E-state index in [1.54, 1.807) is 0 Å². The van der Waals surface area contributed by atoms with Gasteiger partial charge in [0.1, 0.15) is 0 Å². The van der Waals surface area contributed by atoms with E-state index in [1.807, 2.05) is 60.7 Å². The third kappa shape index (κ3) is 5.63. The summed E-state index contributed by atoms with van der Waals surface area (Å²) in [7, 11) is -0.272. The lowest BCUT2D eigenvalue weighted by molar-refractivity contribution is -0.179. The minimum atomic E-state index is -1.01. The molecule has 0 aliphatic heterocycles. The Balaban J connectivity index is 1.92. The molecule has 0 saturated carbocycles. The molecule has 2 nitrogen and oxygen atoms in total. The van der Waals surface area contributed by atoms with Crippen molar-refractivity contribution in [1.82, 2.24) is 0 Å². The van der Waals surface area contributed by atoms with Crippen LogP contribution in [0, 0.1) is 0 Å². The molecule has 0 radical (unpaired) electrons. The molecular weight excluding hydrogens is 300 g/mol. The quantitative estimate of drug-likeness (QED) is 0.416. The van der Waals surface area contributed by atoms with E-state index in [9.17, 15) is 0 Å². The monoisotopic (exact) mass is 320 g/mol. The van der Waals surface area contributed by atoms with Gasteiger partial charge >= 0.3 is 0 Å². The summed E-state index contributed by atoms with van der Waals surface area (Å²) in [5.74, 6) is 0. The van der Waals surface area contributed by atoms with Crippen LogP contribution in [0.15, 0.2) is 60.7 Å². The molecule has 0 bridgehead atoms. The van der Waals surface area contributed by atoms with Crippen molar-refractivity contribution in [2.45, 2.75) is 31.1 Å². The molecule has 0 aromatic heterocycles. The van der Waals surface area contributed by atoms with Crippen LogP contribution in [0.3, 0.4) is 0 Å². The van der Waals surface area contributed by atoms with Crippen molar-refractivity contribution >= 4 is 21.1 Å². The largest absolute Gasteiger partial charge is 0.333 e. The molecule has 0 aliphatic carbocycles. The second-order valence-corrected chi connectivity index (χ2v) is 7.03. The summed E-state index contributed by atoms with van der Waals surface area (Å²) in [5.41, 5.74) is 2.20. The topological polar surface area (TPSA) is 18.5 Å². The maximum Gasteiger partial charge on any atom is 0.245 e. The zero-order chi connectivity index (χ0) is 15.0. The van der Waals surface area contributed by atoms with Gasteiger partial charge < -0.3 is 9.47 Å². The van der Waals surface area contributed by atoms with Gasteiger partial charge in [-0.1, -0.05) is 78.8 Å². The van der Waals surface area contributed by atoms with E-state index in [1.165, 1.54) is 0 Å². The van der Waals surface area contributed by atoms with Gasteiger partial charge in [0.25, 0.3) is 0 Å². The van der Waals surface area contributed by atoms with Crippen LogP contribution < -0.4 is 0 Å². The molecule has 0 spiro atoms. The summed E-state index contributed by atoms with van der Waals surface area (Å²) in [6, 6.07) is 20.8. The van der Waals surface area contributed by atoms with Gasteiger partial charge in [0.05, 0.1) is 13.2 Å². The molecule has 0 unspecified atom stereocenters. The van der Waals surface area contributed by atoms with Gasteiger partial charge in [0, 0.05) is 15.6 Å². The molecule has 0 heterocycles. The maximum atomic E-state index is 6.53. The normalized spacial score (nSPS) is 12.1. The van der Waals surface area contributed by atoms with Crippen LogP contribution in [0.5, 0.6) is 0 Å². The van der Waals surface area contributed by atoms with Gasteiger partial charge in [0.2, 0.25) is 5.25 Å². The van der Waals surface area contributed by atoms with Crippen LogP contribution in [0.2, 0.25) is 12.6 Å². The first kappa shape index (κ1) is 16.2. The first-order valence-electron chi connectivity index (χ1n) is 7.26. The summed E-state index contributed by atoms with van der Waals surface area (Å²) in [6.45, 7) is 3.13. The molecule has 0 atom stereocenters. The molecule has 0 N–H and O–H groups in total. The number of ether oxygens (including phenoxy) is 2. The Morgan fingerprint density at radius 1 is 0.857 bits per heavy atom. The molecule has 0 saturated heterocycles. The first-order chi connectivity index (χ1) is 10.2. The fourth-order valence-corrected chi connectivity index (χ4v) is 3.58. The predicted octanol–water partition coefficient (Wildman–Crippen LogP) is 3.95. The molecule has 2 aromatic carbocycles. The van der Waals surface area contributed by atoms with E-state index in [0.717, 1.165) is 17.2 Å². The van der Waals surface area contributed by atoms with Crippen LogP contribution in [-0.2, 0) is 22.7 Å². The van der Waals surface area contributed by atoms with Crippen molar-refractivity contribution in [3.63, 3.8) is 0 Å². The lowest BCUT2D eigenvalue weighted by Gasteiger charge is -2.27. The SMILES string of the molecule is C[SiH2]CC(Cl)(OCc1ccccc1)OCc1ccccc1. The minimum Gasteiger partial charge on any atom is -0.333 e. The second-order valence-electron chi connectivity index (χ2n) is 4.96. The fraction of sp³-hybridized carbons (Fsp3) is 0.294. The Morgan fingerprint density at radius 2 is 1.29 bits per heavy atom. The Hall–Kier alpha value is -1.13. The second kappa shape index (κ2) is 8.34. The molecule has 21 heavy (non-hydrogen) atoms. The van der Waals surface area contributed by atoms with Crippen molar-refractivity contribution in [2.24, 2.45) is 0 Å². The molecule has 4 heteroatoms. The standard InChI is InChI=1S/C17H21ClO2Si/c1-21-14-17(18,19-12-15-8-4-2-5-9-15)20-13-16-10-6-3-7-11-16/h2-11H,12-14,21H2,1H3. The molecular formula is C17H21ClO2Si. The van der Waals surface area contributed by atoms with Crippen molar-refractivity contribution in [3.8, 4) is 0 Å². The number of rotatable bonds is 8. The summed E-state index contributed by atoms with van der Waals surface area (Å²) < 4.78 is 11.7. The van der Waals surface area contributed by atoms with E-state index >= 15 is 0 Å². The highest BCUT2D eigenvalue weighted by Gasteiger charge is 2.28. The number of alkyl halides is 1. The average molecular weight is 321 g/mol. The summed E-state index contributed by atoms with van der Waals surface area (Å²) in [4.78, 5) is 0. The zero-order valence-corrected chi connectivity index (χ0v) is 14.5. The van der Waals surface area contributed by atoms with E-state index in [2.05, 4.69) is 6.55 Å². The zero-order valence-electron chi connectivity index (χ0n) is 12.3.